The van der Waals surface area contributed by atoms with Gasteiger partial charge in [0.05, 0.1) is 0 Å². The van der Waals surface area contributed by atoms with E-state index >= 15 is 0 Å². The lowest BCUT2D eigenvalue weighted by molar-refractivity contribution is 0.818. The van der Waals surface area contributed by atoms with E-state index in [2.05, 4.69) is 41.4 Å². The number of pyridine rings is 1. The van der Waals surface area contributed by atoms with Crippen LogP contribution in [0.25, 0.3) is 11.2 Å². The molecule has 0 atom stereocenters. The molecule has 0 saturated carbocycles. The fourth-order valence-electron chi connectivity index (χ4n) is 1.91. The van der Waals surface area contributed by atoms with Gasteiger partial charge >= 0.3 is 0 Å². The summed E-state index contributed by atoms with van der Waals surface area (Å²) in [6.07, 6.45) is 1.93. The van der Waals surface area contributed by atoms with E-state index < -0.39 is 0 Å². The highest BCUT2D eigenvalue weighted by Gasteiger charge is 2.10. The molecule has 0 saturated heterocycles. The van der Waals surface area contributed by atoms with Crippen LogP contribution in [0, 0.1) is 6.92 Å². The molecule has 80 valence electrons. The Labute approximate surface area is 90.2 Å². The van der Waals surface area contributed by atoms with Crippen LogP contribution in [0.1, 0.15) is 30.9 Å². The summed E-state index contributed by atoms with van der Waals surface area (Å²) in [7, 11) is 2.04. The molecule has 0 amide bonds. The summed E-state index contributed by atoms with van der Waals surface area (Å²) in [5.41, 5.74) is 4.44. The summed E-state index contributed by atoms with van der Waals surface area (Å²) in [5.74, 6) is 1.11. The zero-order chi connectivity index (χ0) is 11.0. The molecular formula is C12H17N3. The van der Waals surface area contributed by atoms with Crippen LogP contribution >= 0.6 is 0 Å². The van der Waals surface area contributed by atoms with Crippen LogP contribution in [0.3, 0.4) is 0 Å². The van der Waals surface area contributed by atoms with E-state index in [9.17, 15) is 0 Å². The Morgan fingerprint density at radius 3 is 2.53 bits per heavy atom. The van der Waals surface area contributed by atoms with Crippen molar-refractivity contribution in [3.05, 3.63) is 23.1 Å². The van der Waals surface area contributed by atoms with Gasteiger partial charge < -0.3 is 4.57 Å². The Balaban J connectivity index is 2.77. The van der Waals surface area contributed by atoms with E-state index in [1.165, 1.54) is 5.56 Å². The van der Waals surface area contributed by atoms with E-state index in [4.69, 9.17) is 0 Å². The number of rotatable bonds is 2. The molecule has 2 heterocycles. The molecule has 0 aromatic carbocycles. The molecule has 0 unspecified atom stereocenters. The summed E-state index contributed by atoms with van der Waals surface area (Å²) in [6.45, 7) is 6.36. The van der Waals surface area contributed by atoms with Gasteiger partial charge in [-0.05, 0) is 25.0 Å². The molecule has 2 aromatic heterocycles. The van der Waals surface area contributed by atoms with Gasteiger partial charge in [-0.3, -0.25) is 0 Å². The highest BCUT2D eigenvalue weighted by molar-refractivity contribution is 5.75. The molecule has 2 rings (SSSR count). The minimum Gasteiger partial charge on any atom is -0.316 e. The first-order chi connectivity index (χ1) is 7.17. The first kappa shape index (κ1) is 10.1. The molecule has 0 aliphatic carbocycles. The number of nitrogens with zero attached hydrogens (tertiary/aromatic N) is 3. The maximum atomic E-state index is 4.62. The number of fused-ring (bicyclic) bond motifs is 1. The zero-order valence-corrected chi connectivity index (χ0v) is 9.83. The Kier molecular flexibility index (Phi) is 2.47. The van der Waals surface area contributed by atoms with Gasteiger partial charge in [0.1, 0.15) is 11.3 Å². The molecule has 0 radical (unpaired) electrons. The van der Waals surface area contributed by atoms with Crippen molar-refractivity contribution >= 4 is 11.2 Å². The molecule has 0 bridgehead atoms. The van der Waals surface area contributed by atoms with E-state index in [1.807, 2.05) is 7.05 Å². The number of imidazole rings is 1. The molecule has 0 aliphatic rings. The van der Waals surface area contributed by atoms with Crippen LogP contribution < -0.4 is 0 Å². The third kappa shape index (κ3) is 1.52. The quantitative estimate of drug-likeness (QED) is 0.750. The van der Waals surface area contributed by atoms with Crippen molar-refractivity contribution < 1.29 is 0 Å². The van der Waals surface area contributed by atoms with Crippen LogP contribution in [-0.4, -0.2) is 14.5 Å². The zero-order valence-electron chi connectivity index (χ0n) is 9.83. The first-order valence-corrected chi connectivity index (χ1v) is 5.49. The second-order valence-electron chi connectivity index (χ2n) is 3.90. The normalized spacial score (nSPS) is 11.2. The molecule has 0 N–H and O–H groups in total. The van der Waals surface area contributed by atoms with Gasteiger partial charge in [0.15, 0.2) is 5.65 Å². The average Bonchev–Trinajstić information content (AvgIpc) is 2.56. The van der Waals surface area contributed by atoms with Gasteiger partial charge in [0.25, 0.3) is 0 Å². The van der Waals surface area contributed by atoms with Gasteiger partial charge in [0, 0.05) is 19.2 Å². The smallest absolute Gasteiger partial charge is 0.160 e. The van der Waals surface area contributed by atoms with Crippen LogP contribution in [0.5, 0.6) is 0 Å². The summed E-state index contributed by atoms with van der Waals surface area (Å²) in [6, 6.07) is 2.13. The Morgan fingerprint density at radius 2 is 1.93 bits per heavy atom. The molecule has 3 heteroatoms. The predicted octanol–water partition coefficient (Wildman–Crippen LogP) is 2.40. The minimum atomic E-state index is 0.952. The van der Waals surface area contributed by atoms with Gasteiger partial charge in [-0.2, -0.15) is 0 Å². The van der Waals surface area contributed by atoms with Gasteiger partial charge in [-0.25, -0.2) is 9.97 Å². The lowest BCUT2D eigenvalue weighted by Gasteiger charge is -2.01. The highest BCUT2D eigenvalue weighted by Crippen LogP contribution is 2.18. The number of aryl methyl sites for hydroxylation is 4. The topological polar surface area (TPSA) is 30.7 Å². The standard InChI is InChI=1S/C12H17N3/c1-5-9-7-8(3)11-12(13-9)15(4)10(6-2)14-11/h7H,5-6H2,1-4H3. The molecule has 0 aliphatic heterocycles. The van der Waals surface area contributed by atoms with Crippen molar-refractivity contribution in [3.63, 3.8) is 0 Å². The minimum absolute atomic E-state index is 0.952. The third-order valence-electron chi connectivity index (χ3n) is 2.84. The summed E-state index contributed by atoms with van der Waals surface area (Å²) in [4.78, 5) is 9.23. The highest BCUT2D eigenvalue weighted by atomic mass is 15.1. The molecule has 0 fully saturated rings. The Bertz CT molecular complexity index is 497. The van der Waals surface area contributed by atoms with Crippen molar-refractivity contribution in [1.29, 1.82) is 0 Å². The fraction of sp³-hybridized carbons (Fsp3) is 0.500. The molecule has 0 spiro atoms. The van der Waals surface area contributed by atoms with Gasteiger partial charge in [-0.1, -0.05) is 13.8 Å². The second kappa shape index (κ2) is 3.65. The van der Waals surface area contributed by atoms with Gasteiger partial charge in [0.2, 0.25) is 0 Å². The van der Waals surface area contributed by atoms with Crippen molar-refractivity contribution in [3.8, 4) is 0 Å². The van der Waals surface area contributed by atoms with E-state index in [0.29, 0.717) is 0 Å². The first-order valence-electron chi connectivity index (χ1n) is 5.49. The van der Waals surface area contributed by atoms with Crippen molar-refractivity contribution in [2.24, 2.45) is 7.05 Å². The maximum absolute atomic E-state index is 4.62. The van der Waals surface area contributed by atoms with E-state index in [-0.39, 0.29) is 0 Å². The van der Waals surface area contributed by atoms with Crippen LogP contribution in [-0.2, 0) is 19.9 Å². The van der Waals surface area contributed by atoms with Crippen molar-refractivity contribution in [2.45, 2.75) is 33.6 Å². The summed E-state index contributed by atoms with van der Waals surface area (Å²) in [5, 5.41) is 0. The van der Waals surface area contributed by atoms with Gasteiger partial charge in [-0.15, -0.1) is 0 Å². The monoisotopic (exact) mass is 203 g/mol. The second-order valence-corrected chi connectivity index (χ2v) is 3.90. The maximum Gasteiger partial charge on any atom is 0.160 e. The summed E-state index contributed by atoms with van der Waals surface area (Å²) >= 11 is 0. The lowest BCUT2D eigenvalue weighted by Crippen LogP contribution is -1.98. The molecule has 3 nitrogen and oxygen atoms in total. The van der Waals surface area contributed by atoms with Crippen LogP contribution in [0.4, 0.5) is 0 Å². The largest absolute Gasteiger partial charge is 0.316 e. The third-order valence-corrected chi connectivity index (χ3v) is 2.84. The number of aromatic nitrogens is 3. The van der Waals surface area contributed by atoms with E-state index in [1.54, 1.807) is 0 Å². The van der Waals surface area contributed by atoms with E-state index in [0.717, 1.165) is 35.5 Å². The predicted molar refractivity (Wildman–Crippen MR) is 62.0 cm³/mol. The number of hydrogen-bond acceptors (Lipinski definition) is 2. The summed E-state index contributed by atoms with van der Waals surface area (Å²) < 4.78 is 2.10. The van der Waals surface area contributed by atoms with Crippen LogP contribution in [0.15, 0.2) is 6.07 Å². The SMILES string of the molecule is CCc1cc(C)c2nc(CC)n(C)c2n1. The Morgan fingerprint density at radius 1 is 1.20 bits per heavy atom. The van der Waals surface area contributed by atoms with Crippen molar-refractivity contribution in [2.75, 3.05) is 0 Å². The molecule has 15 heavy (non-hydrogen) atoms. The average molecular weight is 203 g/mol. The number of hydrogen-bond donors (Lipinski definition) is 0. The lowest BCUT2D eigenvalue weighted by atomic mass is 10.2. The van der Waals surface area contributed by atoms with Crippen molar-refractivity contribution in [1.82, 2.24) is 14.5 Å². The molecular weight excluding hydrogens is 186 g/mol. The van der Waals surface area contributed by atoms with Crippen LogP contribution in [0.2, 0.25) is 0 Å². The fourth-order valence-corrected chi connectivity index (χ4v) is 1.91. The molecule has 2 aromatic rings. The Hall–Kier alpha value is -1.38.